The molecule has 4 saturated carbocycles. The van der Waals surface area contributed by atoms with E-state index >= 15 is 0 Å². The van der Waals surface area contributed by atoms with Crippen LogP contribution in [0.3, 0.4) is 0 Å². The zero-order valence-corrected chi connectivity index (χ0v) is 19.2. The van der Waals surface area contributed by atoms with Crippen molar-refractivity contribution in [2.24, 2.45) is 17.8 Å². The fourth-order valence-corrected chi connectivity index (χ4v) is 6.90. The first kappa shape index (κ1) is 22.4. The fraction of sp³-hybridized carbons (Fsp3) is 0.417. The molecule has 5 nitrogen and oxygen atoms in total. The molecule has 4 fully saturated rings. The Morgan fingerprint density at radius 2 is 1.48 bits per heavy atom. The SMILES string of the molecule is O=C(Nc1cc(F)ccc1F)NN(C(=O)c1cc(Cl)cc(Cl)c1)C12CC3CC(CC(C3)C1)C2. The zero-order valence-electron chi connectivity index (χ0n) is 17.7. The van der Waals surface area contributed by atoms with Crippen molar-refractivity contribution in [3.05, 3.63) is 63.6 Å². The number of nitrogens with zero attached hydrogens (tertiary/aromatic N) is 1. The maximum Gasteiger partial charge on any atom is 0.338 e. The van der Waals surface area contributed by atoms with Crippen LogP contribution in [0.15, 0.2) is 36.4 Å². The molecule has 33 heavy (non-hydrogen) atoms. The molecule has 0 spiro atoms. The Morgan fingerprint density at radius 3 is 2.06 bits per heavy atom. The predicted molar refractivity (Wildman–Crippen MR) is 122 cm³/mol. The highest BCUT2D eigenvalue weighted by atomic mass is 35.5. The molecule has 0 radical (unpaired) electrons. The van der Waals surface area contributed by atoms with E-state index in [4.69, 9.17) is 23.2 Å². The Bertz CT molecular complexity index is 1070. The van der Waals surface area contributed by atoms with E-state index in [1.807, 2.05) is 0 Å². The smallest absolute Gasteiger partial charge is 0.304 e. The van der Waals surface area contributed by atoms with E-state index in [0.29, 0.717) is 27.8 Å². The standard InChI is InChI=1S/C24H23Cl2F2N3O2/c25-17-6-16(7-18(26)8-17)22(32)31(24-10-13-3-14(11-24)5-15(4-13)12-24)30-23(33)29-21-9-19(27)1-2-20(21)28/h1-2,6-9,13-15H,3-5,10-12H2,(H2,29,30,33). The number of benzene rings is 2. The lowest BCUT2D eigenvalue weighted by Gasteiger charge is -2.59. The van der Waals surface area contributed by atoms with Gasteiger partial charge >= 0.3 is 6.03 Å². The van der Waals surface area contributed by atoms with E-state index in [1.54, 1.807) is 0 Å². The van der Waals surface area contributed by atoms with E-state index < -0.39 is 29.1 Å². The molecule has 0 heterocycles. The molecular formula is C24H23Cl2F2N3O2. The fourth-order valence-electron chi connectivity index (χ4n) is 6.38. The lowest BCUT2D eigenvalue weighted by Crippen LogP contribution is -2.66. The van der Waals surface area contributed by atoms with Gasteiger partial charge in [0.2, 0.25) is 0 Å². The van der Waals surface area contributed by atoms with Crippen molar-refractivity contribution >= 4 is 40.8 Å². The van der Waals surface area contributed by atoms with E-state index in [-0.39, 0.29) is 11.3 Å². The number of urea groups is 1. The molecule has 174 valence electrons. The monoisotopic (exact) mass is 493 g/mol. The van der Waals surface area contributed by atoms with Gasteiger partial charge < -0.3 is 5.32 Å². The van der Waals surface area contributed by atoms with E-state index in [9.17, 15) is 18.4 Å². The molecule has 0 atom stereocenters. The third-order valence-electron chi connectivity index (χ3n) is 7.18. The minimum atomic E-state index is -0.822. The van der Waals surface area contributed by atoms with Crippen LogP contribution < -0.4 is 10.7 Å². The second-order valence-electron chi connectivity index (χ2n) is 9.63. The highest BCUT2D eigenvalue weighted by Crippen LogP contribution is 2.57. The number of amides is 3. The van der Waals surface area contributed by atoms with Gasteiger partial charge in [-0.25, -0.2) is 24.0 Å². The summed E-state index contributed by atoms with van der Waals surface area (Å²) >= 11 is 12.3. The van der Waals surface area contributed by atoms with Crippen molar-refractivity contribution in [1.82, 2.24) is 10.4 Å². The summed E-state index contributed by atoms with van der Waals surface area (Å²) < 4.78 is 27.6. The topological polar surface area (TPSA) is 61.4 Å². The van der Waals surface area contributed by atoms with Gasteiger partial charge in [-0.1, -0.05) is 23.2 Å². The van der Waals surface area contributed by atoms with Crippen LogP contribution in [0.5, 0.6) is 0 Å². The molecule has 6 rings (SSSR count). The second kappa shape index (κ2) is 8.44. The number of hydrazine groups is 1. The molecular weight excluding hydrogens is 471 g/mol. The van der Waals surface area contributed by atoms with Crippen molar-refractivity contribution < 1.29 is 18.4 Å². The van der Waals surface area contributed by atoms with Crippen LogP contribution in [0.1, 0.15) is 48.9 Å². The lowest BCUT2D eigenvalue weighted by molar-refractivity contribution is -0.0858. The van der Waals surface area contributed by atoms with Crippen molar-refractivity contribution in [2.75, 3.05) is 5.32 Å². The Labute approximate surface area is 200 Å². The summed E-state index contributed by atoms with van der Waals surface area (Å²) in [5, 5.41) is 4.34. The zero-order chi connectivity index (χ0) is 23.3. The molecule has 0 aliphatic heterocycles. The summed E-state index contributed by atoms with van der Waals surface area (Å²) in [6, 6.07) is 6.51. The number of anilines is 1. The highest BCUT2D eigenvalue weighted by Gasteiger charge is 2.55. The molecule has 0 aromatic heterocycles. The minimum Gasteiger partial charge on any atom is -0.304 e. The van der Waals surface area contributed by atoms with Gasteiger partial charge in [-0.05, 0) is 86.6 Å². The van der Waals surface area contributed by atoms with Gasteiger partial charge in [0, 0.05) is 21.7 Å². The number of carbonyl (C=O) groups is 2. The molecule has 4 aliphatic carbocycles. The Morgan fingerprint density at radius 1 is 0.909 bits per heavy atom. The molecule has 0 unspecified atom stereocenters. The summed E-state index contributed by atoms with van der Waals surface area (Å²) in [4.78, 5) is 26.6. The number of rotatable bonds is 3. The van der Waals surface area contributed by atoms with Crippen LogP contribution in [0.2, 0.25) is 10.0 Å². The summed E-state index contributed by atoms with van der Waals surface area (Å²) in [6.07, 6.45) is 5.79. The molecule has 2 aromatic rings. The molecule has 4 aliphatic rings. The van der Waals surface area contributed by atoms with Crippen molar-refractivity contribution in [3.8, 4) is 0 Å². The normalized spacial score (nSPS) is 27.3. The first-order valence-corrected chi connectivity index (χ1v) is 11.8. The van der Waals surface area contributed by atoms with Crippen LogP contribution >= 0.6 is 23.2 Å². The largest absolute Gasteiger partial charge is 0.338 e. The first-order chi connectivity index (χ1) is 15.7. The molecule has 3 amide bonds. The lowest BCUT2D eigenvalue weighted by atomic mass is 9.52. The molecule has 4 bridgehead atoms. The van der Waals surface area contributed by atoms with Crippen LogP contribution in [-0.4, -0.2) is 22.5 Å². The van der Waals surface area contributed by atoms with Crippen LogP contribution in [0.4, 0.5) is 19.3 Å². The third-order valence-corrected chi connectivity index (χ3v) is 7.62. The van der Waals surface area contributed by atoms with Gasteiger partial charge in [0.1, 0.15) is 11.6 Å². The number of carbonyl (C=O) groups excluding carboxylic acids is 2. The number of halogens is 4. The van der Waals surface area contributed by atoms with Gasteiger partial charge in [-0.2, -0.15) is 0 Å². The van der Waals surface area contributed by atoms with Crippen molar-refractivity contribution in [1.29, 1.82) is 0 Å². The maximum absolute atomic E-state index is 14.1. The summed E-state index contributed by atoms with van der Waals surface area (Å²) in [5.74, 6) is -0.397. The quantitative estimate of drug-likeness (QED) is 0.484. The van der Waals surface area contributed by atoms with Crippen LogP contribution in [0, 0.1) is 29.4 Å². The van der Waals surface area contributed by atoms with E-state index in [2.05, 4.69) is 10.7 Å². The molecule has 9 heteroatoms. The maximum atomic E-state index is 14.1. The molecule has 2 N–H and O–H groups in total. The number of hydrogen-bond acceptors (Lipinski definition) is 2. The van der Waals surface area contributed by atoms with Crippen LogP contribution in [-0.2, 0) is 0 Å². The van der Waals surface area contributed by atoms with Crippen molar-refractivity contribution in [3.63, 3.8) is 0 Å². The van der Waals surface area contributed by atoms with Crippen molar-refractivity contribution in [2.45, 2.75) is 44.1 Å². The summed E-state index contributed by atoms with van der Waals surface area (Å²) in [5.41, 5.74) is 2.06. The predicted octanol–water partition coefficient (Wildman–Crippen LogP) is 6.42. The first-order valence-electron chi connectivity index (χ1n) is 11.0. The molecule has 0 saturated heterocycles. The number of nitrogens with one attached hydrogen (secondary N) is 2. The summed E-state index contributed by atoms with van der Waals surface area (Å²) in [6.45, 7) is 0. The molecule has 2 aromatic carbocycles. The Kier molecular flexibility index (Phi) is 5.73. The average molecular weight is 494 g/mol. The van der Waals surface area contributed by atoms with E-state index in [1.165, 1.54) is 23.2 Å². The van der Waals surface area contributed by atoms with Gasteiger partial charge in [0.05, 0.1) is 11.2 Å². The van der Waals surface area contributed by atoms with E-state index in [0.717, 1.165) is 56.7 Å². The second-order valence-corrected chi connectivity index (χ2v) is 10.5. The average Bonchev–Trinajstić information content (AvgIpc) is 2.72. The Hall–Kier alpha value is -2.38. The minimum absolute atomic E-state index is 0.250. The highest BCUT2D eigenvalue weighted by molar-refractivity contribution is 6.35. The van der Waals surface area contributed by atoms with Gasteiger partial charge in [0.15, 0.2) is 0 Å². The van der Waals surface area contributed by atoms with Gasteiger partial charge in [-0.3, -0.25) is 4.79 Å². The van der Waals surface area contributed by atoms with Crippen LogP contribution in [0.25, 0.3) is 0 Å². The number of hydrogen-bond donors (Lipinski definition) is 2. The Balaban J connectivity index is 1.47. The third kappa shape index (κ3) is 4.41. The van der Waals surface area contributed by atoms with Gasteiger partial charge in [0.25, 0.3) is 5.91 Å². The van der Waals surface area contributed by atoms with Gasteiger partial charge in [-0.15, -0.1) is 0 Å². The summed E-state index contributed by atoms with van der Waals surface area (Å²) in [7, 11) is 0.